The van der Waals surface area contributed by atoms with Crippen molar-refractivity contribution in [1.29, 1.82) is 0 Å². The predicted molar refractivity (Wildman–Crippen MR) is 61.9 cm³/mol. The van der Waals surface area contributed by atoms with Crippen molar-refractivity contribution in [3.8, 4) is 29.6 Å². The summed E-state index contributed by atoms with van der Waals surface area (Å²) in [6.45, 7) is 0. The van der Waals surface area contributed by atoms with Gasteiger partial charge < -0.3 is 19.9 Å². The van der Waals surface area contributed by atoms with E-state index in [-0.39, 0.29) is 0 Å². The van der Waals surface area contributed by atoms with Gasteiger partial charge in [0.1, 0.15) is 0 Å². The molecular weight excluding hydrogens is 206 g/mol. The lowest BCUT2D eigenvalue weighted by molar-refractivity contribution is 0.322. The molecule has 0 aliphatic carbocycles. The normalized spacial score (nSPS) is 11.4. The van der Waals surface area contributed by atoms with Gasteiger partial charge in [-0.3, -0.25) is 0 Å². The second kappa shape index (κ2) is 5.29. The molecule has 4 nitrogen and oxygen atoms in total. The minimum atomic E-state index is -0.533. The second-order valence-corrected chi connectivity index (χ2v) is 3.07. The second-order valence-electron chi connectivity index (χ2n) is 3.07. The minimum absolute atomic E-state index is 0.494. The van der Waals surface area contributed by atoms with E-state index in [4.69, 9.17) is 26.4 Å². The summed E-state index contributed by atoms with van der Waals surface area (Å²) in [7, 11) is 4.62. The van der Waals surface area contributed by atoms with Crippen molar-refractivity contribution in [3.63, 3.8) is 0 Å². The van der Waals surface area contributed by atoms with Crippen LogP contribution in [0.5, 0.6) is 17.2 Å². The Morgan fingerprint density at radius 3 is 2.19 bits per heavy atom. The molecule has 0 saturated heterocycles. The van der Waals surface area contributed by atoms with Crippen molar-refractivity contribution in [2.75, 3.05) is 21.3 Å². The summed E-state index contributed by atoms with van der Waals surface area (Å²) >= 11 is 0. The van der Waals surface area contributed by atoms with Crippen LogP contribution in [0.3, 0.4) is 0 Å². The van der Waals surface area contributed by atoms with Gasteiger partial charge >= 0.3 is 0 Å². The summed E-state index contributed by atoms with van der Waals surface area (Å²) in [5.41, 5.74) is 6.47. The SMILES string of the molecule is C#CC(N)c1ccc(OC)c(OC)c1OC. The Kier molecular flexibility index (Phi) is 4.03. The van der Waals surface area contributed by atoms with Crippen molar-refractivity contribution in [3.05, 3.63) is 17.7 Å². The first-order valence-corrected chi connectivity index (χ1v) is 4.70. The van der Waals surface area contributed by atoms with E-state index in [1.54, 1.807) is 19.2 Å². The first kappa shape index (κ1) is 12.2. The van der Waals surface area contributed by atoms with Gasteiger partial charge in [0.15, 0.2) is 11.5 Å². The number of nitrogens with two attached hydrogens (primary N) is 1. The maximum atomic E-state index is 5.77. The Balaban J connectivity index is 3.38. The highest BCUT2D eigenvalue weighted by Gasteiger charge is 2.18. The summed E-state index contributed by atoms with van der Waals surface area (Å²) in [5, 5.41) is 0. The van der Waals surface area contributed by atoms with E-state index in [1.807, 2.05) is 0 Å². The van der Waals surface area contributed by atoms with Crippen molar-refractivity contribution >= 4 is 0 Å². The molecule has 1 atom stereocenters. The fourth-order valence-electron chi connectivity index (χ4n) is 1.46. The van der Waals surface area contributed by atoms with Gasteiger partial charge in [-0.15, -0.1) is 6.42 Å². The highest BCUT2D eigenvalue weighted by Crippen LogP contribution is 2.41. The predicted octanol–water partition coefficient (Wildman–Crippen LogP) is 1.35. The van der Waals surface area contributed by atoms with Crippen LogP contribution in [-0.4, -0.2) is 21.3 Å². The van der Waals surface area contributed by atoms with E-state index in [0.717, 1.165) is 0 Å². The molecule has 16 heavy (non-hydrogen) atoms. The Morgan fingerprint density at radius 2 is 1.75 bits per heavy atom. The summed E-state index contributed by atoms with van der Waals surface area (Å²) in [6, 6.07) is 2.98. The average Bonchev–Trinajstić information content (AvgIpc) is 2.35. The highest BCUT2D eigenvalue weighted by atomic mass is 16.5. The van der Waals surface area contributed by atoms with E-state index in [2.05, 4.69) is 5.92 Å². The molecule has 0 aromatic heterocycles. The molecule has 0 amide bonds. The Morgan fingerprint density at radius 1 is 1.12 bits per heavy atom. The van der Waals surface area contributed by atoms with Gasteiger partial charge in [0.2, 0.25) is 5.75 Å². The van der Waals surface area contributed by atoms with E-state index in [9.17, 15) is 0 Å². The third kappa shape index (κ3) is 2.05. The van der Waals surface area contributed by atoms with Gasteiger partial charge in [0.05, 0.1) is 27.4 Å². The van der Waals surface area contributed by atoms with Crippen LogP contribution in [-0.2, 0) is 0 Å². The molecule has 0 spiro atoms. The molecule has 4 heteroatoms. The maximum absolute atomic E-state index is 5.77. The third-order valence-corrected chi connectivity index (χ3v) is 2.25. The highest BCUT2D eigenvalue weighted by molar-refractivity contribution is 5.57. The van der Waals surface area contributed by atoms with Crippen LogP contribution in [0.2, 0.25) is 0 Å². The molecule has 1 aromatic rings. The van der Waals surface area contributed by atoms with Gasteiger partial charge in [-0.1, -0.05) is 5.92 Å². The Hall–Kier alpha value is -1.86. The first-order chi connectivity index (χ1) is 7.69. The van der Waals surface area contributed by atoms with Gasteiger partial charge in [-0.2, -0.15) is 0 Å². The van der Waals surface area contributed by atoms with Gasteiger partial charge in [-0.05, 0) is 12.1 Å². The maximum Gasteiger partial charge on any atom is 0.203 e. The van der Waals surface area contributed by atoms with Crippen molar-refractivity contribution in [1.82, 2.24) is 0 Å². The molecule has 0 radical (unpaired) electrons. The van der Waals surface area contributed by atoms with Crippen LogP contribution in [0, 0.1) is 12.3 Å². The molecule has 0 fully saturated rings. The lowest BCUT2D eigenvalue weighted by Crippen LogP contribution is -2.10. The molecule has 86 valence electrons. The zero-order valence-electron chi connectivity index (χ0n) is 9.61. The van der Waals surface area contributed by atoms with Crippen LogP contribution in [0.1, 0.15) is 11.6 Å². The Bertz CT molecular complexity index is 409. The van der Waals surface area contributed by atoms with Gasteiger partial charge in [0, 0.05) is 5.56 Å². The summed E-state index contributed by atoms with van der Waals surface area (Å²) < 4.78 is 15.6. The fourth-order valence-corrected chi connectivity index (χ4v) is 1.46. The number of rotatable bonds is 4. The number of ether oxygens (including phenoxy) is 3. The number of benzene rings is 1. The van der Waals surface area contributed by atoms with Crippen LogP contribution >= 0.6 is 0 Å². The molecule has 1 aromatic carbocycles. The monoisotopic (exact) mass is 221 g/mol. The van der Waals surface area contributed by atoms with Crippen molar-refractivity contribution in [2.45, 2.75) is 6.04 Å². The standard InChI is InChI=1S/C12H15NO3/c1-5-9(13)8-6-7-10(14-2)12(16-4)11(8)15-3/h1,6-7,9H,13H2,2-4H3. The van der Waals surface area contributed by atoms with Crippen LogP contribution in [0.15, 0.2) is 12.1 Å². The molecule has 0 bridgehead atoms. The van der Waals surface area contributed by atoms with Crippen LogP contribution in [0.4, 0.5) is 0 Å². The van der Waals surface area contributed by atoms with E-state index in [0.29, 0.717) is 22.8 Å². The van der Waals surface area contributed by atoms with Crippen LogP contribution in [0.25, 0.3) is 0 Å². The topological polar surface area (TPSA) is 53.7 Å². The third-order valence-electron chi connectivity index (χ3n) is 2.25. The van der Waals surface area contributed by atoms with Crippen LogP contribution < -0.4 is 19.9 Å². The zero-order chi connectivity index (χ0) is 12.1. The van der Waals surface area contributed by atoms with Gasteiger partial charge in [-0.25, -0.2) is 0 Å². The largest absolute Gasteiger partial charge is 0.493 e. The van der Waals surface area contributed by atoms with Crippen molar-refractivity contribution < 1.29 is 14.2 Å². The summed E-state index contributed by atoms with van der Waals surface area (Å²) in [6.07, 6.45) is 5.29. The quantitative estimate of drug-likeness (QED) is 0.780. The zero-order valence-corrected chi connectivity index (χ0v) is 9.61. The fraction of sp³-hybridized carbons (Fsp3) is 0.333. The first-order valence-electron chi connectivity index (χ1n) is 4.70. The smallest absolute Gasteiger partial charge is 0.203 e. The molecule has 0 aliphatic rings. The minimum Gasteiger partial charge on any atom is -0.493 e. The molecular formula is C12H15NO3. The molecule has 0 heterocycles. The summed E-state index contributed by atoms with van der Waals surface area (Å²) in [4.78, 5) is 0. The molecule has 0 saturated carbocycles. The molecule has 0 aliphatic heterocycles. The van der Waals surface area contributed by atoms with E-state index in [1.165, 1.54) is 14.2 Å². The molecule has 2 N–H and O–H groups in total. The average molecular weight is 221 g/mol. The molecule has 1 unspecified atom stereocenters. The number of hydrogen-bond donors (Lipinski definition) is 1. The van der Waals surface area contributed by atoms with E-state index >= 15 is 0 Å². The van der Waals surface area contributed by atoms with E-state index < -0.39 is 6.04 Å². The lowest BCUT2D eigenvalue weighted by Gasteiger charge is -2.16. The molecule has 1 rings (SSSR count). The number of hydrogen-bond acceptors (Lipinski definition) is 4. The lowest BCUT2D eigenvalue weighted by atomic mass is 10.1. The number of methoxy groups -OCH3 is 3. The van der Waals surface area contributed by atoms with Gasteiger partial charge in [0.25, 0.3) is 0 Å². The van der Waals surface area contributed by atoms with Crippen molar-refractivity contribution in [2.24, 2.45) is 5.73 Å². The summed E-state index contributed by atoms with van der Waals surface area (Å²) in [5.74, 6) is 4.02. The Labute approximate surface area is 95.3 Å². The number of terminal acetylenes is 1.